The minimum Gasteiger partial charge on any atom is -0.461 e. The first-order valence-corrected chi connectivity index (χ1v) is 6.61. The van der Waals surface area contributed by atoms with Gasteiger partial charge in [0, 0.05) is 12.7 Å². The number of hydrogen-bond donors (Lipinski definition) is 0. The summed E-state index contributed by atoms with van der Waals surface area (Å²) in [5.41, 5.74) is 0.669. The molecule has 1 heterocycles. The van der Waals surface area contributed by atoms with Crippen LogP contribution in [0.25, 0.3) is 0 Å². The number of ether oxygens (including phenoxy) is 1. The van der Waals surface area contributed by atoms with E-state index >= 15 is 0 Å². The lowest BCUT2D eigenvalue weighted by Crippen LogP contribution is -2.11. The third kappa shape index (κ3) is 4.63. The number of carbonyl (C=O) groups excluding carboxylic acids is 1. The second-order valence-corrected chi connectivity index (χ2v) is 4.22. The summed E-state index contributed by atoms with van der Waals surface area (Å²) in [5.74, 6) is -0.217. The Kier molecular flexibility index (Phi) is 6.45. The van der Waals surface area contributed by atoms with Gasteiger partial charge >= 0.3 is 5.97 Å². The number of rotatable bonds is 8. The fourth-order valence-electron chi connectivity index (χ4n) is 1.89. The summed E-state index contributed by atoms with van der Waals surface area (Å²) in [6.07, 6.45) is 8.15. The van der Waals surface area contributed by atoms with Crippen LogP contribution in [0.1, 0.15) is 56.4 Å². The molecule has 0 spiro atoms. The molecular weight excluding hydrogens is 214 g/mol. The molecule has 0 aliphatic heterocycles. The van der Waals surface area contributed by atoms with Gasteiger partial charge in [-0.25, -0.2) is 4.79 Å². The van der Waals surface area contributed by atoms with Crippen molar-refractivity contribution in [2.45, 2.75) is 52.5 Å². The van der Waals surface area contributed by atoms with Crippen LogP contribution in [0.2, 0.25) is 0 Å². The second kappa shape index (κ2) is 7.93. The average Bonchev–Trinajstić information content (AvgIpc) is 2.77. The number of aromatic nitrogens is 1. The van der Waals surface area contributed by atoms with Crippen LogP contribution in [0, 0.1) is 0 Å². The van der Waals surface area contributed by atoms with E-state index in [1.807, 2.05) is 29.8 Å². The maximum atomic E-state index is 11.6. The molecule has 0 saturated carbocycles. The van der Waals surface area contributed by atoms with Gasteiger partial charge in [-0.15, -0.1) is 0 Å². The maximum absolute atomic E-state index is 11.6. The Hall–Kier alpha value is -1.25. The molecule has 1 rings (SSSR count). The second-order valence-electron chi connectivity index (χ2n) is 4.22. The van der Waals surface area contributed by atoms with Crippen LogP contribution in [0.4, 0.5) is 0 Å². The van der Waals surface area contributed by atoms with Crippen LogP contribution < -0.4 is 0 Å². The number of carbonyl (C=O) groups is 1. The average molecular weight is 237 g/mol. The summed E-state index contributed by atoms with van der Waals surface area (Å²) in [4.78, 5) is 11.6. The molecule has 0 fully saturated rings. The highest BCUT2D eigenvalue weighted by molar-refractivity contribution is 5.87. The van der Waals surface area contributed by atoms with Crippen molar-refractivity contribution in [2.75, 3.05) is 6.61 Å². The molecule has 0 radical (unpaired) electrons. The minimum absolute atomic E-state index is 0.217. The van der Waals surface area contributed by atoms with Gasteiger partial charge in [-0.2, -0.15) is 0 Å². The molecule has 0 saturated heterocycles. The van der Waals surface area contributed by atoms with E-state index in [2.05, 4.69) is 6.92 Å². The van der Waals surface area contributed by atoms with Crippen molar-refractivity contribution in [3.05, 3.63) is 24.0 Å². The van der Waals surface area contributed by atoms with Crippen molar-refractivity contribution in [1.29, 1.82) is 0 Å². The Morgan fingerprint density at radius 2 is 2.00 bits per heavy atom. The zero-order chi connectivity index (χ0) is 12.5. The molecule has 3 nitrogen and oxygen atoms in total. The van der Waals surface area contributed by atoms with E-state index in [4.69, 9.17) is 4.74 Å². The Morgan fingerprint density at radius 1 is 1.24 bits per heavy atom. The molecule has 3 heteroatoms. The number of nitrogens with zero attached hydrogens (tertiary/aromatic N) is 1. The topological polar surface area (TPSA) is 31.2 Å². The smallest absolute Gasteiger partial charge is 0.354 e. The first kappa shape index (κ1) is 13.8. The van der Waals surface area contributed by atoms with Gasteiger partial charge in [0.2, 0.25) is 0 Å². The molecule has 1 aromatic rings. The number of unbranched alkanes of at least 4 members (excludes halogenated alkanes) is 4. The first-order chi connectivity index (χ1) is 8.29. The van der Waals surface area contributed by atoms with E-state index in [1.165, 1.54) is 25.7 Å². The molecule has 1 aromatic heterocycles. The predicted octanol–water partition coefficient (Wildman–Crippen LogP) is 3.64. The molecule has 0 aromatic carbocycles. The lowest BCUT2D eigenvalue weighted by atomic mass is 10.1. The van der Waals surface area contributed by atoms with Crippen molar-refractivity contribution in [1.82, 2.24) is 4.57 Å². The van der Waals surface area contributed by atoms with E-state index in [9.17, 15) is 4.79 Å². The van der Waals surface area contributed by atoms with Crippen LogP contribution in [0.15, 0.2) is 18.3 Å². The van der Waals surface area contributed by atoms with Crippen LogP contribution in [0.5, 0.6) is 0 Å². The standard InChI is InChI=1S/C14H23NO2/c1-3-5-6-7-8-11-15-12-9-10-13(15)14(16)17-4-2/h9-10,12H,3-8,11H2,1-2H3. The minimum atomic E-state index is -0.217. The normalized spacial score (nSPS) is 10.5. The summed E-state index contributed by atoms with van der Waals surface area (Å²) >= 11 is 0. The fourth-order valence-corrected chi connectivity index (χ4v) is 1.89. The Bertz CT molecular complexity index is 331. The number of aryl methyl sites for hydroxylation is 1. The van der Waals surface area contributed by atoms with Gasteiger partial charge in [-0.1, -0.05) is 32.6 Å². The van der Waals surface area contributed by atoms with Gasteiger partial charge in [0.05, 0.1) is 6.61 Å². The quantitative estimate of drug-likeness (QED) is 0.510. The third-order valence-corrected chi connectivity index (χ3v) is 2.82. The first-order valence-electron chi connectivity index (χ1n) is 6.61. The Balaban J connectivity index is 2.38. The monoisotopic (exact) mass is 237 g/mol. The lowest BCUT2D eigenvalue weighted by Gasteiger charge is -2.08. The van der Waals surface area contributed by atoms with Gasteiger partial charge in [-0.3, -0.25) is 0 Å². The van der Waals surface area contributed by atoms with Crippen LogP contribution in [-0.4, -0.2) is 17.1 Å². The highest BCUT2D eigenvalue weighted by Gasteiger charge is 2.10. The van der Waals surface area contributed by atoms with E-state index < -0.39 is 0 Å². The molecule has 0 aliphatic rings. The summed E-state index contributed by atoms with van der Waals surface area (Å²) in [6, 6.07) is 3.72. The fraction of sp³-hybridized carbons (Fsp3) is 0.643. The lowest BCUT2D eigenvalue weighted by molar-refractivity contribution is 0.0513. The molecule has 17 heavy (non-hydrogen) atoms. The van der Waals surface area contributed by atoms with Crippen LogP contribution in [0.3, 0.4) is 0 Å². The predicted molar refractivity (Wildman–Crippen MR) is 69.1 cm³/mol. The van der Waals surface area contributed by atoms with Crippen LogP contribution in [-0.2, 0) is 11.3 Å². The van der Waals surface area contributed by atoms with Gasteiger partial charge < -0.3 is 9.30 Å². The molecule has 0 N–H and O–H groups in total. The SMILES string of the molecule is CCCCCCCn1cccc1C(=O)OCC. The van der Waals surface area contributed by atoms with Gasteiger partial charge in [0.25, 0.3) is 0 Å². The Labute approximate surface area is 104 Å². The largest absolute Gasteiger partial charge is 0.461 e. The van der Waals surface area contributed by atoms with E-state index in [-0.39, 0.29) is 5.97 Å². The van der Waals surface area contributed by atoms with Crippen LogP contribution >= 0.6 is 0 Å². The molecule has 0 amide bonds. The molecule has 96 valence electrons. The van der Waals surface area contributed by atoms with Gasteiger partial charge in [-0.05, 0) is 25.5 Å². The third-order valence-electron chi connectivity index (χ3n) is 2.82. The van der Waals surface area contributed by atoms with Crippen molar-refractivity contribution in [3.8, 4) is 0 Å². The number of esters is 1. The van der Waals surface area contributed by atoms with Crippen molar-refractivity contribution in [2.24, 2.45) is 0 Å². The molecule has 0 aliphatic carbocycles. The zero-order valence-electron chi connectivity index (χ0n) is 10.9. The molecular formula is C14H23NO2. The molecule has 0 atom stereocenters. The van der Waals surface area contributed by atoms with Gasteiger partial charge in [0.15, 0.2) is 0 Å². The van der Waals surface area contributed by atoms with E-state index in [0.717, 1.165) is 13.0 Å². The number of hydrogen-bond acceptors (Lipinski definition) is 2. The summed E-state index contributed by atoms with van der Waals surface area (Å²) in [6.45, 7) is 5.38. The van der Waals surface area contributed by atoms with Crippen molar-refractivity contribution < 1.29 is 9.53 Å². The molecule has 0 bridgehead atoms. The summed E-state index contributed by atoms with van der Waals surface area (Å²) in [5, 5.41) is 0. The van der Waals surface area contributed by atoms with E-state index in [1.54, 1.807) is 0 Å². The Morgan fingerprint density at radius 3 is 2.71 bits per heavy atom. The van der Waals surface area contributed by atoms with Crippen molar-refractivity contribution in [3.63, 3.8) is 0 Å². The highest BCUT2D eigenvalue weighted by Crippen LogP contribution is 2.09. The maximum Gasteiger partial charge on any atom is 0.354 e. The highest BCUT2D eigenvalue weighted by atomic mass is 16.5. The van der Waals surface area contributed by atoms with Gasteiger partial charge in [0.1, 0.15) is 5.69 Å². The van der Waals surface area contributed by atoms with E-state index in [0.29, 0.717) is 12.3 Å². The molecule has 0 unspecified atom stereocenters. The summed E-state index contributed by atoms with van der Waals surface area (Å²) < 4.78 is 7.00. The van der Waals surface area contributed by atoms with Crippen molar-refractivity contribution >= 4 is 5.97 Å². The summed E-state index contributed by atoms with van der Waals surface area (Å²) in [7, 11) is 0. The zero-order valence-corrected chi connectivity index (χ0v) is 10.9.